The molecule has 13 nitrogen and oxygen atoms in total. The van der Waals surface area contributed by atoms with E-state index < -0.39 is 37.7 Å². The molecule has 54 heavy (non-hydrogen) atoms. The van der Waals surface area contributed by atoms with E-state index >= 15 is 0 Å². The Morgan fingerprint density at radius 3 is 1.50 bits per heavy atom. The van der Waals surface area contributed by atoms with E-state index in [-0.39, 0.29) is 6.16 Å². The first kappa shape index (κ1) is 45.2. The van der Waals surface area contributed by atoms with E-state index in [0.717, 1.165) is 17.5 Å². The summed E-state index contributed by atoms with van der Waals surface area (Å²) in [6, 6.07) is 21.8. The molecule has 0 aliphatic rings. The predicted molar refractivity (Wildman–Crippen MR) is 229 cm³/mol. The SMILES string of the molecule is CCCC(C)(N=[N+]=[N-])Oc1ccc(/C=N/N(C)[PH](=S)C(C)(CC)Oc2ccc(/C=N/N(C)[PH](=S)C(C)(CC)Oc3ccc(CP(=O)(O)O)cc3)cc2)cc1. The fraction of sp³-hybridized carbons (Fsp3) is 0.444. The van der Waals surface area contributed by atoms with E-state index in [1.807, 2.05) is 95.1 Å². The monoisotopic (exact) mass is 835 g/mol. The van der Waals surface area contributed by atoms with Gasteiger partial charge in [-0.2, -0.15) is 10.2 Å². The smallest absolute Gasteiger partial charge is 0.329 e. The number of benzene rings is 3. The number of hydrogen-bond acceptors (Lipinski definition) is 9. The number of hydrazone groups is 2. The zero-order chi connectivity index (χ0) is 40.2. The van der Waals surface area contributed by atoms with Crippen LogP contribution in [0.4, 0.5) is 0 Å². The molecule has 5 unspecified atom stereocenters. The van der Waals surface area contributed by atoms with Gasteiger partial charge in [0.1, 0.15) is 27.9 Å². The van der Waals surface area contributed by atoms with Crippen LogP contribution in [0.2, 0.25) is 0 Å². The van der Waals surface area contributed by atoms with E-state index in [1.54, 1.807) is 48.4 Å². The summed E-state index contributed by atoms with van der Waals surface area (Å²) in [5, 5.41) is 11.8. The molecule has 0 saturated carbocycles. The first-order valence-electron chi connectivity index (χ1n) is 17.5. The Hall–Kier alpha value is -3.24. The molecule has 0 amide bonds. The summed E-state index contributed by atoms with van der Waals surface area (Å²) in [4.78, 5) is 21.4. The van der Waals surface area contributed by atoms with Crippen molar-refractivity contribution in [1.82, 2.24) is 9.56 Å². The molecule has 3 aromatic carbocycles. The molecule has 0 spiro atoms. The molecule has 0 aliphatic heterocycles. The molecule has 0 fully saturated rings. The fourth-order valence-electron chi connectivity index (χ4n) is 5.23. The van der Waals surface area contributed by atoms with Gasteiger partial charge in [0.2, 0.25) is 0 Å². The third kappa shape index (κ3) is 13.5. The van der Waals surface area contributed by atoms with Gasteiger partial charge in [0, 0.05) is 19.0 Å². The highest BCUT2D eigenvalue weighted by Crippen LogP contribution is 2.47. The molecule has 0 aliphatic carbocycles. The van der Waals surface area contributed by atoms with Gasteiger partial charge in [0.05, 0.1) is 32.3 Å². The van der Waals surface area contributed by atoms with Crippen LogP contribution in [0.25, 0.3) is 10.4 Å². The molecule has 2 N–H and O–H groups in total. The average Bonchev–Trinajstić information content (AvgIpc) is 3.13. The maximum Gasteiger partial charge on any atom is 0.329 e. The fourth-order valence-corrected chi connectivity index (χ4v) is 10.0. The number of nitrogens with zero attached hydrogens (tertiary/aromatic N) is 7. The Labute approximate surface area is 330 Å². The average molecular weight is 836 g/mol. The summed E-state index contributed by atoms with van der Waals surface area (Å²) in [7, 11) is -0.443. The van der Waals surface area contributed by atoms with Crippen molar-refractivity contribution >= 4 is 57.3 Å². The van der Waals surface area contributed by atoms with Gasteiger partial charge < -0.3 is 24.0 Å². The highest BCUT2D eigenvalue weighted by molar-refractivity contribution is 8.04. The molecular formula is C36H52N7O6P3S2. The largest absolute Gasteiger partial charge is 0.481 e. The highest BCUT2D eigenvalue weighted by Gasteiger charge is 2.32. The lowest BCUT2D eigenvalue weighted by atomic mass is 10.1. The van der Waals surface area contributed by atoms with Gasteiger partial charge in [0.15, 0.2) is 5.72 Å². The van der Waals surface area contributed by atoms with E-state index in [0.29, 0.717) is 42.1 Å². The highest BCUT2D eigenvalue weighted by atomic mass is 32.4. The van der Waals surface area contributed by atoms with Crippen molar-refractivity contribution in [3.8, 4) is 17.2 Å². The standard InChI is InChI=1S/C36H52N7O6P3S2/c1-9-24-34(4,40-41-37)47-31-18-12-28(13-19-31)25-38-42(7)50(53)35(5,10-2)48-32-20-14-29(15-21-32)26-39-43(8)51(54)36(6,11-3)49-33-22-16-30(17-23-33)27-52(44,45)46/h12-23,25-26,50-51H,9-11,24,27H2,1-8H3,(H2,44,45,46)/b38-25+,39-26+. The molecule has 3 rings (SSSR count). The molecule has 5 atom stereocenters. The number of hydrogen-bond donors (Lipinski definition) is 2. The summed E-state index contributed by atoms with van der Waals surface area (Å²) in [5.74, 6) is 1.87. The molecular weight excluding hydrogens is 783 g/mol. The van der Waals surface area contributed by atoms with Crippen molar-refractivity contribution in [3.63, 3.8) is 0 Å². The van der Waals surface area contributed by atoms with Crippen LogP contribution in [-0.4, -0.2) is 62.3 Å². The van der Waals surface area contributed by atoms with Crippen LogP contribution >= 0.6 is 21.3 Å². The maximum atomic E-state index is 11.3. The third-order valence-electron chi connectivity index (χ3n) is 8.67. The van der Waals surface area contributed by atoms with E-state index in [2.05, 4.69) is 27.2 Å². The first-order chi connectivity index (χ1) is 25.4. The van der Waals surface area contributed by atoms with Crippen LogP contribution in [0, 0.1) is 0 Å². The second-order valence-electron chi connectivity index (χ2n) is 13.3. The quantitative estimate of drug-likeness (QED) is 0.0264. The lowest BCUT2D eigenvalue weighted by Crippen LogP contribution is -2.30. The Bertz CT molecular complexity index is 1890. The van der Waals surface area contributed by atoms with E-state index in [4.69, 9.17) is 43.4 Å². The van der Waals surface area contributed by atoms with Crippen molar-refractivity contribution in [1.29, 1.82) is 0 Å². The van der Waals surface area contributed by atoms with Gasteiger partial charge in [0.25, 0.3) is 0 Å². The zero-order valence-corrected chi connectivity index (χ0v) is 36.6. The van der Waals surface area contributed by atoms with Gasteiger partial charge >= 0.3 is 7.60 Å². The van der Waals surface area contributed by atoms with E-state index in [1.165, 1.54) is 0 Å². The minimum Gasteiger partial charge on any atom is -0.481 e. The van der Waals surface area contributed by atoms with Crippen molar-refractivity contribution in [3.05, 3.63) is 99.9 Å². The van der Waals surface area contributed by atoms with Crippen LogP contribution in [0.5, 0.6) is 17.2 Å². The molecule has 294 valence electrons. The lowest BCUT2D eigenvalue weighted by Gasteiger charge is -2.34. The minimum atomic E-state index is -4.15. The molecule has 0 bridgehead atoms. The van der Waals surface area contributed by atoms with Gasteiger partial charge in [-0.15, -0.1) is 0 Å². The van der Waals surface area contributed by atoms with Gasteiger partial charge in [-0.1, -0.05) is 62.9 Å². The van der Waals surface area contributed by atoms with Crippen LogP contribution < -0.4 is 14.2 Å². The zero-order valence-electron chi connectivity index (χ0n) is 32.0. The minimum absolute atomic E-state index is 0.323. The Kier molecular flexibility index (Phi) is 16.8. The molecule has 0 heterocycles. The number of azide groups is 1. The summed E-state index contributed by atoms with van der Waals surface area (Å²) in [6.07, 6.45) is 5.93. The molecule has 18 heteroatoms. The molecule has 0 aromatic heterocycles. The van der Waals surface area contributed by atoms with E-state index in [9.17, 15) is 14.4 Å². The maximum absolute atomic E-state index is 11.3. The van der Waals surface area contributed by atoms with Crippen LogP contribution in [-0.2, 0) is 34.3 Å². The molecule has 0 saturated heterocycles. The Balaban J connectivity index is 1.61. The number of ether oxygens (including phenoxy) is 3. The van der Waals surface area contributed by atoms with Crippen molar-refractivity contribution in [2.45, 2.75) is 89.8 Å². The van der Waals surface area contributed by atoms with Gasteiger partial charge in [-0.25, -0.2) is 0 Å². The second kappa shape index (κ2) is 20.1. The predicted octanol–water partition coefficient (Wildman–Crippen LogP) is 9.69. The van der Waals surface area contributed by atoms with Crippen LogP contribution in [0.1, 0.15) is 83.9 Å². The summed E-state index contributed by atoms with van der Waals surface area (Å²) in [6.45, 7) is 8.36. The van der Waals surface area contributed by atoms with Crippen LogP contribution in [0.15, 0.2) is 88.1 Å². The topological polar surface area (TPSA) is 165 Å². The van der Waals surface area contributed by atoms with Crippen LogP contribution in [0.3, 0.4) is 0 Å². The molecule has 0 radical (unpaired) electrons. The van der Waals surface area contributed by atoms with Crippen molar-refractivity contribution < 1.29 is 28.6 Å². The molecule has 3 aromatic rings. The van der Waals surface area contributed by atoms with Gasteiger partial charge in [-0.05, 0) is 128 Å². The van der Waals surface area contributed by atoms with Gasteiger partial charge in [-0.3, -0.25) is 14.1 Å². The Morgan fingerprint density at radius 2 is 1.15 bits per heavy atom. The summed E-state index contributed by atoms with van der Waals surface area (Å²) < 4.78 is 33.7. The first-order valence-corrected chi connectivity index (χ1v) is 24.4. The third-order valence-corrected chi connectivity index (χ3v) is 17.7. The lowest BCUT2D eigenvalue weighted by molar-refractivity contribution is 0.0857. The summed E-state index contributed by atoms with van der Waals surface area (Å²) >= 11 is 12.0. The Morgan fingerprint density at radius 1 is 0.759 bits per heavy atom. The second-order valence-corrected chi connectivity index (χ2v) is 21.9. The normalized spacial score (nSPS) is 16.3. The van der Waals surface area contributed by atoms with Crippen molar-refractivity contribution in [2.75, 3.05) is 14.1 Å². The summed E-state index contributed by atoms with van der Waals surface area (Å²) in [5.41, 5.74) is 10.3. The number of rotatable bonds is 21. The van der Waals surface area contributed by atoms with Crippen molar-refractivity contribution in [2.24, 2.45) is 15.3 Å².